The van der Waals surface area contributed by atoms with Crippen molar-refractivity contribution in [1.29, 1.82) is 0 Å². The summed E-state index contributed by atoms with van der Waals surface area (Å²) >= 11 is 1.53. The number of thiazole rings is 1. The fourth-order valence-electron chi connectivity index (χ4n) is 5.96. The highest BCUT2D eigenvalue weighted by Gasteiger charge is 2.46. The lowest BCUT2D eigenvalue weighted by atomic mass is 9.85. The maximum absolute atomic E-state index is 14.4. The van der Waals surface area contributed by atoms with Crippen molar-refractivity contribution >= 4 is 61.0 Å². The lowest BCUT2D eigenvalue weighted by Crippen LogP contribution is -2.58. The van der Waals surface area contributed by atoms with E-state index in [1.807, 2.05) is 31.2 Å². The molecule has 1 aliphatic rings. The maximum atomic E-state index is 14.4. The van der Waals surface area contributed by atoms with Crippen molar-refractivity contribution in [2.75, 3.05) is 59.0 Å². The second kappa shape index (κ2) is 24.2. The van der Waals surface area contributed by atoms with Gasteiger partial charge in [-0.2, -0.15) is 0 Å². The zero-order chi connectivity index (χ0) is 46.3. The van der Waals surface area contributed by atoms with Gasteiger partial charge >= 0.3 is 12.2 Å². The Balaban J connectivity index is 1.58. The van der Waals surface area contributed by atoms with Gasteiger partial charge in [-0.25, -0.2) is 23.0 Å². The molecule has 21 heteroatoms. The number of carbonyl (C=O) groups excluding carboxylic acids is 5. The van der Waals surface area contributed by atoms with E-state index in [1.165, 1.54) is 23.2 Å². The average Bonchev–Trinajstić information content (AvgIpc) is 3.79. The number of alkyl carbamates (subject to hydrolysis) is 1. The van der Waals surface area contributed by atoms with Crippen molar-refractivity contribution in [2.24, 2.45) is 5.41 Å². The number of amides is 4. The second-order valence-corrected chi connectivity index (χ2v) is 22.4. The molecule has 1 aromatic heterocycles. The van der Waals surface area contributed by atoms with Gasteiger partial charge in [0, 0.05) is 25.8 Å². The maximum Gasteiger partial charge on any atom is 0.508 e. The van der Waals surface area contributed by atoms with Gasteiger partial charge in [0.15, 0.2) is 8.87 Å². The van der Waals surface area contributed by atoms with Crippen LogP contribution in [0, 0.1) is 12.3 Å². The summed E-state index contributed by atoms with van der Waals surface area (Å²) in [4.78, 5) is 72.5. The Kier molecular flexibility index (Phi) is 20.4. The topological polar surface area (TPSA) is 227 Å². The van der Waals surface area contributed by atoms with Crippen LogP contribution in [0.1, 0.15) is 73.1 Å². The van der Waals surface area contributed by atoms with Gasteiger partial charge in [-0.1, -0.05) is 45.0 Å². The first-order valence-electron chi connectivity index (χ1n) is 20.3. The number of rotatable bonds is 22. The minimum Gasteiger partial charge on any atom is -0.444 e. The summed E-state index contributed by atoms with van der Waals surface area (Å²) in [6, 6.07) is 5.50. The molecule has 3 rings (SSSR count). The van der Waals surface area contributed by atoms with Crippen LogP contribution >= 0.6 is 22.1 Å². The third-order valence-electron chi connectivity index (χ3n) is 9.12. The van der Waals surface area contributed by atoms with E-state index < -0.39 is 79.4 Å². The lowest BCUT2D eigenvalue weighted by Gasteiger charge is -2.35. The summed E-state index contributed by atoms with van der Waals surface area (Å²) in [5.41, 5.74) is 3.10. The Morgan fingerprint density at radius 1 is 0.935 bits per heavy atom. The molecule has 0 aliphatic carbocycles. The van der Waals surface area contributed by atoms with E-state index in [9.17, 15) is 32.4 Å². The van der Waals surface area contributed by atoms with E-state index in [0.717, 1.165) is 28.0 Å². The fraction of sp³-hybridized carbons (Fsp3) is 0.659. The van der Waals surface area contributed by atoms with Crippen molar-refractivity contribution in [2.45, 2.75) is 110 Å². The quantitative estimate of drug-likeness (QED) is 0.0843. The van der Waals surface area contributed by atoms with Crippen molar-refractivity contribution in [3.8, 4) is 10.4 Å². The molecule has 1 aromatic carbocycles. The molecule has 5 atom stereocenters. The molecule has 1 aliphatic heterocycles. The van der Waals surface area contributed by atoms with Crippen LogP contribution < -0.4 is 16.0 Å². The van der Waals surface area contributed by atoms with Gasteiger partial charge < -0.3 is 49.3 Å². The number of hydrogen-bond donors (Lipinski definition) is 3. The van der Waals surface area contributed by atoms with Gasteiger partial charge in [0.2, 0.25) is 17.7 Å². The highest BCUT2D eigenvalue weighted by molar-refractivity contribution is 8.72. The molecule has 3 N–H and O–H groups in total. The standard InChI is InChI=1S/C41H63N5O13S3/c1-26-34(60-25-44-26)30-13-11-29(12-14-30)22-43-36(48)32-21-31(58-39(51)57-27(2)28(3)61-62(10,52)53)23-46(32)37(49)35(40(4,5)6)45-33(47)24-56-20-19-55-18-17-54-16-15-42-38(50)59-41(7,8)9/h11-14,25,27-28,31-32,35H,15-24H2,1-10H3,(H,42,50)(H,43,48)(H,45,47)/t27?,28-,31+,32-,35+/m0/s1. The third kappa shape index (κ3) is 18.8. The minimum absolute atomic E-state index is 0.0553. The van der Waals surface area contributed by atoms with Gasteiger partial charge in [0.1, 0.15) is 36.5 Å². The summed E-state index contributed by atoms with van der Waals surface area (Å²) in [6.07, 6.45) is -2.38. The molecule has 2 aromatic rings. The summed E-state index contributed by atoms with van der Waals surface area (Å²) in [7, 11) is -2.76. The van der Waals surface area contributed by atoms with Crippen LogP contribution in [0.15, 0.2) is 29.8 Å². The first kappa shape index (κ1) is 52.3. The van der Waals surface area contributed by atoms with Crippen LogP contribution in [-0.2, 0) is 58.2 Å². The molecule has 18 nitrogen and oxygen atoms in total. The van der Waals surface area contributed by atoms with E-state index >= 15 is 0 Å². The smallest absolute Gasteiger partial charge is 0.444 e. The Hall–Kier alpha value is -4.02. The molecule has 1 unspecified atom stereocenters. The largest absolute Gasteiger partial charge is 0.508 e. The molecule has 62 heavy (non-hydrogen) atoms. The third-order valence-corrected chi connectivity index (χ3v) is 13.1. The van der Waals surface area contributed by atoms with E-state index in [-0.39, 0.29) is 65.7 Å². The first-order chi connectivity index (χ1) is 28.9. The molecule has 348 valence electrons. The molecular weight excluding hydrogens is 867 g/mol. The molecule has 0 bridgehead atoms. The van der Waals surface area contributed by atoms with Crippen LogP contribution in [0.3, 0.4) is 0 Å². The van der Waals surface area contributed by atoms with Gasteiger partial charge in [-0.05, 0) is 68.9 Å². The van der Waals surface area contributed by atoms with Crippen LogP contribution in [0.4, 0.5) is 9.59 Å². The molecule has 4 amide bonds. The van der Waals surface area contributed by atoms with Crippen LogP contribution in [-0.4, -0.2) is 142 Å². The Morgan fingerprint density at radius 2 is 1.56 bits per heavy atom. The van der Waals surface area contributed by atoms with E-state index in [2.05, 4.69) is 20.9 Å². The van der Waals surface area contributed by atoms with E-state index in [4.69, 9.17) is 28.4 Å². The van der Waals surface area contributed by atoms with Gasteiger partial charge in [0.25, 0.3) is 0 Å². The van der Waals surface area contributed by atoms with Gasteiger partial charge in [0.05, 0.1) is 60.9 Å². The van der Waals surface area contributed by atoms with Crippen molar-refractivity contribution in [3.63, 3.8) is 0 Å². The predicted octanol–water partition coefficient (Wildman–Crippen LogP) is 4.43. The summed E-state index contributed by atoms with van der Waals surface area (Å²) < 4.78 is 56.0. The van der Waals surface area contributed by atoms with Crippen molar-refractivity contribution in [1.82, 2.24) is 25.8 Å². The minimum atomic E-state index is -3.41. The first-order valence-corrected chi connectivity index (χ1v) is 24.4. The second-order valence-electron chi connectivity index (χ2n) is 16.8. The van der Waals surface area contributed by atoms with E-state index in [0.29, 0.717) is 10.8 Å². The monoisotopic (exact) mass is 929 g/mol. The molecule has 0 spiro atoms. The fourth-order valence-corrected chi connectivity index (χ4v) is 9.66. The average molecular weight is 930 g/mol. The number of aryl methyl sites for hydroxylation is 1. The molecule has 1 saturated heterocycles. The summed E-state index contributed by atoms with van der Waals surface area (Å²) in [6.45, 7) is 16.7. The Labute approximate surface area is 372 Å². The lowest BCUT2D eigenvalue weighted by molar-refractivity contribution is -0.144. The van der Waals surface area contributed by atoms with E-state index in [1.54, 1.807) is 54.0 Å². The number of nitrogens with one attached hydrogen (secondary N) is 3. The highest BCUT2D eigenvalue weighted by atomic mass is 33.1. The summed E-state index contributed by atoms with van der Waals surface area (Å²) in [5, 5.41) is 7.66. The van der Waals surface area contributed by atoms with Crippen LogP contribution in [0.5, 0.6) is 0 Å². The molecule has 1 fully saturated rings. The summed E-state index contributed by atoms with van der Waals surface area (Å²) in [5.74, 6) is -1.62. The normalized spacial score (nSPS) is 17.1. The van der Waals surface area contributed by atoms with Crippen molar-refractivity contribution in [3.05, 3.63) is 41.0 Å². The molecular formula is C41H63N5O13S3. The number of hydrogen-bond acceptors (Lipinski definition) is 16. The number of carbonyl (C=O) groups is 5. The molecule has 0 saturated carbocycles. The highest BCUT2D eigenvalue weighted by Crippen LogP contribution is 2.30. The SMILES string of the molecule is Cc1ncsc1-c1ccc(CNC(=O)[C@@H]2C[C@@H](OC(=O)OC(C)[C@H](C)SS(C)(=O)=O)CN2C(=O)[C@@H](NC(=O)COCCOCCOCCNC(=O)OC(C)(C)C)C(C)(C)C)cc1. The zero-order valence-corrected chi connectivity index (χ0v) is 39.7. The Bertz CT molecular complexity index is 1900. The number of ether oxygens (including phenoxy) is 6. The number of likely N-dealkylation sites (tertiary alicyclic amines) is 1. The number of aromatic nitrogens is 1. The number of benzene rings is 1. The van der Waals surface area contributed by atoms with Crippen LogP contribution in [0.25, 0.3) is 10.4 Å². The number of nitrogens with zero attached hydrogens (tertiary/aromatic N) is 2. The zero-order valence-electron chi connectivity index (χ0n) is 37.3. The van der Waals surface area contributed by atoms with Gasteiger partial charge in [-0.3, -0.25) is 14.4 Å². The molecule has 0 radical (unpaired) electrons. The van der Waals surface area contributed by atoms with Gasteiger partial charge in [-0.15, -0.1) is 11.3 Å². The molecule has 2 heterocycles. The Morgan fingerprint density at radius 3 is 2.15 bits per heavy atom. The van der Waals surface area contributed by atoms with Crippen molar-refractivity contribution < 1.29 is 60.8 Å². The predicted molar refractivity (Wildman–Crippen MR) is 235 cm³/mol. The van der Waals surface area contributed by atoms with Crippen LogP contribution in [0.2, 0.25) is 0 Å².